The molecular formula is C15H20Cl2N2O3. The Bertz CT molecular complexity index is 592. The number of hydrogen-bond donors (Lipinski definition) is 3. The second-order valence-electron chi connectivity index (χ2n) is 5.92. The van der Waals surface area contributed by atoms with Crippen molar-refractivity contribution in [2.24, 2.45) is 11.1 Å². The minimum atomic E-state index is -0.763. The van der Waals surface area contributed by atoms with Crippen molar-refractivity contribution in [3.8, 4) is 5.75 Å². The summed E-state index contributed by atoms with van der Waals surface area (Å²) in [6.45, 7) is 4.15. The highest BCUT2D eigenvalue weighted by molar-refractivity contribution is 6.51. The molecule has 2 amide bonds. The minimum Gasteiger partial charge on any atom is -0.492 e. The molecule has 1 aromatic rings. The SMILES string of the molecule is Cc1c(NC(N)=O)ccc(CCO)c1OCC1(C)CC1(Cl)Cl. The smallest absolute Gasteiger partial charge is 0.316 e. The van der Waals surface area contributed by atoms with Gasteiger partial charge in [-0.2, -0.15) is 0 Å². The molecule has 5 nitrogen and oxygen atoms in total. The van der Waals surface area contributed by atoms with Crippen molar-refractivity contribution in [2.75, 3.05) is 18.5 Å². The van der Waals surface area contributed by atoms with Crippen LogP contribution in [0.4, 0.5) is 10.5 Å². The van der Waals surface area contributed by atoms with Crippen LogP contribution in [0.3, 0.4) is 0 Å². The van der Waals surface area contributed by atoms with E-state index < -0.39 is 10.4 Å². The van der Waals surface area contributed by atoms with E-state index in [-0.39, 0.29) is 12.0 Å². The second-order valence-corrected chi connectivity index (χ2v) is 7.40. The molecule has 0 radical (unpaired) electrons. The first kappa shape index (κ1) is 17.2. The van der Waals surface area contributed by atoms with Crippen molar-refractivity contribution < 1.29 is 14.6 Å². The average Bonchev–Trinajstić information content (AvgIpc) is 2.91. The lowest BCUT2D eigenvalue weighted by Gasteiger charge is -2.20. The summed E-state index contributed by atoms with van der Waals surface area (Å²) in [7, 11) is 0. The molecule has 0 bridgehead atoms. The number of nitrogens with one attached hydrogen (secondary N) is 1. The van der Waals surface area contributed by atoms with Crippen molar-refractivity contribution >= 4 is 34.9 Å². The molecule has 1 fully saturated rings. The van der Waals surface area contributed by atoms with Gasteiger partial charge in [0.1, 0.15) is 10.1 Å². The van der Waals surface area contributed by atoms with Gasteiger partial charge in [0.25, 0.3) is 0 Å². The summed E-state index contributed by atoms with van der Waals surface area (Å²) in [4.78, 5) is 11.1. The topological polar surface area (TPSA) is 84.6 Å². The predicted octanol–water partition coefficient (Wildman–Crippen LogP) is 2.98. The summed E-state index contributed by atoms with van der Waals surface area (Å²) in [6.07, 6.45) is 1.12. The van der Waals surface area contributed by atoms with Gasteiger partial charge in [-0.1, -0.05) is 13.0 Å². The van der Waals surface area contributed by atoms with E-state index in [1.54, 1.807) is 12.1 Å². The van der Waals surface area contributed by atoms with Crippen LogP contribution in [0.25, 0.3) is 0 Å². The molecule has 2 rings (SSSR count). The van der Waals surface area contributed by atoms with Crippen molar-refractivity contribution in [1.82, 2.24) is 0 Å². The Hall–Kier alpha value is -1.17. The first-order valence-corrected chi connectivity index (χ1v) is 7.76. The van der Waals surface area contributed by atoms with Gasteiger partial charge in [-0.25, -0.2) is 4.79 Å². The Kier molecular flexibility index (Phi) is 4.80. The number of ether oxygens (including phenoxy) is 1. The van der Waals surface area contributed by atoms with Crippen LogP contribution >= 0.6 is 23.2 Å². The summed E-state index contributed by atoms with van der Waals surface area (Å²) >= 11 is 12.3. The van der Waals surface area contributed by atoms with Gasteiger partial charge < -0.3 is 20.9 Å². The normalized spacial score (nSPS) is 22.2. The number of aliphatic hydroxyl groups is 1. The summed E-state index contributed by atoms with van der Waals surface area (Å²) < 4.78 is 5.17. The fourth-order valence-electron chi connectivity index (χ4n) is 2.37. The highest BCUT2D eigenvalue weighted by atomic mass is 35.5. The van der Waals surface area contributed by atoms with Gasteiger partial charge in [0.05, 0.1) is 6.61 Å². The number of nitrogens with two attached hydrogens (primary N) is 1. The standard InChI is InChI=1S/C15H20Cl2N2O3/c1-9-11(19-13(18)21)4-3-10(5-6-20)12(9)22-8-14(2)7-15(14,16)17/h3-4,20H,5-8H2,1-2H3,(H3,18,19,21). The van der Waals surface area contributed by atoms with Crippen molar-refractivity contribution in [3.63, 3.8) is 0 Å². The van der Waals surface area contributed by atoms with E-state index in [1.807, 2.05) is 13.8 Å². The van der Waals surface area contributed by atoms with E-state index in [9.17, 15) is 9.90 Å². The third kappa shape index (κ3) is 3.42. The number of urea groups is 1. The quantitative estimate of drug-likeness (QED) is 0.692. The van der Waals surface area contributed by atoms with Gasteiger partial charge in [-0.05, 0) is 31.4 Å². The van der Waals surface area contributed by atoms with Crippen LogP contribution < -0.4 is 15.8 Å². The number of benzene rings is 1. The van der Waals surface area contributed by atoms with Gasteiger partial charge in [-0.15, -0.1) is 23.2 Å². The van der Waals surface area contributed by atoms with Crippen LogP contribution in [-0.4, -0.2) is 28.7 Å². The molecule has 0 heterocycles. The van der Waals surface area contributed by atoms with Crippen LogP contribution in [0.2, 0.25) is 0 Å². The van der Waals surface area contributed by atoms with Crippen molar-refractivity contribution in [1.29, 1.82) is 0 Å². The Morgan fingerprint density at radius 1 is 1.50 bits per heavy atom. The maximum atomic E-state index is 11.1. The van der Waals surface area contributed by atoms with Crippen LogP contribution in [0.1, 0.15) is 24.5 Å². The summed E-state index contributed by atoms with van der Waals surface area (Å²) in [5.74, 6) is 0.623. The van der Waals surface area contributed by atoms with Crippen LogP contribution in [0.15, 0.2) is 12.1 Å². The predicted molar refractivity (Wildman–Crippen MR) is 87.8 cm³/mol. The zero-order chi connectivity index (χ0) is 16.5. The molecular weight excluding hydrogens is 327 g/mol. The number of rotatable bonds is 6. The maximum absolute atomic E-state index is 11.1. The zero-order valence-electron chi connectivity index (χ0n) is 12.6. The number of aliphatic hydroxyl groups excluding tert-OH is 1. The van der Waals surface area contributed by atoms with Gasteiger partial charge in [0, 0.05) is 23.3 Å². The lowest BCUT2D eigenvalue weighted by molar-refractivity contribution is 0.239. The van der Waals surface area contributed by atoms with Gasteiger partial charge in [0.15, 0.2) is 0 Å². The number of primary amides is 1. The van der Waals surface area contributed by atoms with E-state index in [4.69, 9.17) is 33.7 Å². The summed E-state index contributed by atoms with van der Waals surface area (Å²) in [5.41, 5.74) is 7.05. The molecule has 0 aromatic heterocycles. The number of alkyl halides is 2. The molecule has 7 heteroatoms. The van der Waals surface area contributed by atoms with E-state index >= 15 is 0 Å². The first-order valence-electron chi connectivity index (χ1n) is 7.00. The number of amides is 2. The Balaban J connectivity index is 2.24. The Labute approximate surface area is 139 Å². The number of halogens is 2. The molecule has 1 unspecified atom stereocenters. The van der Waals surface area contributed by atoms with E-state index in [1.165, 1.54) is 0 Å². The molecule has 1 saturated carbocycles. The highest BCUT2D eigenvalue weighted by Crippen LogP contribution is 2.63. The van der Waals surface area contributed by atoms with Crippen molar-refractivity contribution in [2.45, 2.75) is 31.0 Å². The molecule has 0 saturated heterocycles. The van der Waals surface area contributed by atoms with Gasteiger partial charge in [0.2, 0.25) is 0 Å². The fraction of sp³-hybridized carbons (Fsp3) is 0.533. The molecule has 22 heavy (non-hydrogen) atoms. The monoisotopic (exact) mass is 346 g/mol. The molecule has 1 aliphatic rings. The lowest BCUT2D eigenvalue weighted by Crippen LogP contribution is -2.21. The third-order valence-corrected chi connectivity index (χ3v) is 5.21. The Morgan fingerprint density at radius 3 is 2.64 bits per heavy atom. The van der Waals surface area contributed by atoms with Gasteiger partial charge in [-0.3, -0.25) is 0 Å². The largest absolute Gasteiger partial charge is 0.492 e. The number of carbonyl (C=O) groups excluding carboxylic acids is 1. The Morgan fingerprint density at radius 2 is 2.14 bits per heavy atom. The number of carbonyl (C=O) groups is 1. The minimum absolute atomic E-state index is 0.00458. The van der Waals surface area contributed by atoms with Crippen LogP contribution in [0, 0.1) is 12.3 Å². The molecule has 0 aliphatic heterocycles. The van der Waals surface area contributed by atoms with Gasteiger partial charge >= 0.3 is 6.03 Å². The second kappa shape index (κ2) is 6.14. The zero-order valence-corrected chi connectivity index (χ0v) is 14.1. The first-order chi connectivity index (χ1) is 10.2. The maximum Gasteiger partial charge on any atom is 0.316 e. The average molecular weight is 347 g/mol. The van der Waals surface area contributed by atoms with E-state index in [0.29, 0.717) is 30.9 Å². The highest BCUT2D eigenvalue weighted by Gasteiger charge is 2.63. The van der Waals surface area contributed by atoms with Crippen LogP contribution in [-0.2, 0) is 6.42 Å². The summed E-state index contributed by atoms with van der Waals surface area (Å²) in [5, 5.41) is 11.7. The molecule has 0 spiro atoms. The number of anilines is 1. The van der Waals surface area contributed by atoms with Crippen molar-refractivity contribution in [3.05, 3.63) is 23.3 Å². The fourth-order valence-corrected chi connectivity index (χ4v) is 3.07. The number of hydrogen-bond acceptors (Lipinski definition) is 3. The molecule has 1 aromatic carbocycles. The van der Waals surface area contributed by atoms with E-state index in [2.05, 4.69) is 5.32 Å². The molecule has 122 valence electrons. The summed E-state index contributed by atoms with van der Waals surface area (Å²) in [6, 6.07) is 2.90. The molecule has 1 aliphatic carbocycles. The van der Waals surface area contributed by atoms with Crippen LogP contribution in [0.5, 0.6) is 5.75 Å². The van der Waals surface area contributed by atoms with E-state index in [0.717, 1.165) is 11.1 Å². The molecule has 1 atom stereocenters. The third-order valence-electron chi connectivity index (χ3n) is 4.03. The molecule has 4 N–H and O–H groups in total. The lowest BCUT2D eigenvalue weighted by atomic mass is 10.0.